The van der Waals surface area contributed by atoms with E-state index in [9.17, 15) is 0 Å². The molecule has 0 amide bonds. The van der Waals surface area contributed by atoms with Gasteiger partial charge in [0.1, 0.15) is 5.82 Å². The van der Waals surface area contributed by atoms with Gasteiger partial charge < -0.3 is 9.88 Å². The van der Waals surface area contributed by atoms with E-state index in [1.54, 1.807) is 0 Å². The number of thioether (sulfide) groups is 1. The van der Waals surface area contributed by atoms with E-state index in [0.29, 0.717) is 0 Å². The Morgan fingerprint density at radius 1 is 1.21 bits per heavy atom. The normalized spacial score (nSPS) is 23.9. The van der Waals surface area contributed by atoms with Crippen LogP contribution in [0.3, 0.4) is 0 Å². The first-order chi connectivity index (χ1) is 9.43. The molecule has 1 atom stereocenters. The van der Waals surface area contributed by atoms with Gasteiger partial charge in [-0.05, 0) is 51.1 Å². The van der Waals surface area contributed by atoms with Gasteiger partial charge in [0.05, 0.1) is 0 Å². The Hall–Kier alpha value is -0.550. The predicted molar refractivity (Wildman–Crippen MR) is 78.5 cm³/mol. The number of hydrogen-bond donors (Lipinski definition) is 1. The molecule has 0 aromatic carbocycles. The summed E-state index contributed by atoms with van der Waals surface area (Å²) in [5.41, 5.74) is 0. The Kier molecular flexibility index (Phi) is 4.77. The van der Waals surface area contributed by atoms with Gasteiger partial charge in [-0.1, -0.05) is 18.2 Å². The monoisotopic (exact) mass is 280 g/mol. The molecule has 0 bridgehead atoms. The summed E-state index contributed by atoms with van der Waals surface area (Å²) in [7, 11) is 0. The first kappa shape index (κ1) is 13.4. The predicted octanol–water partition coefficient (Wildman–Crippen LogP) is 2.49. The third-order valence-corrected chi connectivity index (χ3v) is 5.23. The molecule has 0 radical (unpaired) electrons. The lowest BCUT2D eigenvalue weighted by Crippen LogP contribution is -2.29. The van der Waals surface area contributed by atoms with E-state index in [-0.39, 0.29) is 0 Å². The quantitative estimate of drug-likeness (QED) is 0.861. The smallest absolute Gasteiger partial charge is 0.191 e. The first-order valence-electron chi connectivity index (χ1n) is 7.69. The highest BCUT2D eigenvalue weighted by atomic mass is 32.2. The highest BCUT2D eigenvalue weighted by Gasteiger charge is 2.16. The van der Waals surface area contributed by atoms with Crippen molar-refractivity contribution in [3.8, 4) is 0 Å². The van der Waals surface area contributed by atoms with Crippen molar-refractivity contribution in [2.75, 3.05) is 18.8 Å². The maximum absolute atomic E-state index is 4.38. The second-order valence-corrected chi connectivity index (χ2v) is 6.77. The van der Waals surface area contributed by atoms with Crippen LogP contribution in [-0.2, 0) is 13.0 Å². The van der Waals surface area contributed by atoms with Gasteiger partial charge in [0, 0.05) is 18.7 Å². The number of aromatic nitrogens is 3. The van der Waals surface area contributed by atoms with Crippen LogP contribution in [0.5, 0.6) is 0 Å². The fourth-order valence-electron chi connectivity index (χ4n) is 3.05. The number of nitrogens with one attached hydrogen (secondary N) is 1. The number of rotatable bonds is 4. The Morgan fingerprint density at radius 3 is 3.11 bits per heavy atom. The summed E-state index contributed by atoms with van der Waals surface area (Å²) in [5, 5.41) is 13.4. The molecule has 0 saturated carbocycles. The minimum atomic E-state index is 0.868. The van der Waals surface area contributed by atoms with E-state index in [1.807, 2.05) is 11.8 Å². The first-order valence-corrected chi connectivity index (χ1v) is 8.67. The molecule has 5 heteroatoms. The van der Waals surface area contributed by atoms with E-state index in [4.69, 9.17) is 0 Å². The minimum absolute atomic E-state index is 0.868. The second-order valence-electron chi connectivity index (χ2n) is 5.71. The topological polar surface area (TPSA) is 42.7 Å². The Bertz CT molecular complexity index is 398. The maximum atomic E-state index is 4.38. The maximum Gasteiger partial charge on any atom is 0.191 e. The third kappa shape index (κ3) is 3.51. The van der Waals surface area contributed by atoms with Crippen molar-refractivity contribution < 1.29 is 0 Å². The van der Waals surface area contributed by atoms with Crippen LogP contribution < -0.4 is 5.32 Å². The molecule has 1 aromatic heterocycles. The van der Waals surface area contributed by atoms with Crippen molar-refractivity contribution in [1.82, 2.24) is 20.1 Å². The van der Waals surface area contributed by atoms with Crippen LogP contribution in [0.15, 0.2) is 5.16 Å². The molecule has 2 aliphatic rings. The van der Waals surface area contributed by atoms with Crippen molar-refractivity contribution in [3.63, 3.8) is 0 Å². The molecule has 4 nitrogen and oxygen atoms in total. The fraction of sp³-hybridized carbons (Fsp3) is 0.857. The molecule has 1 aromatic rings. The summed E-state index contributed by atoms with van der Waals surface area (Å²) in [5.74, 6) is 3.26. The number of aryl methyl sites for hydroxylation is 1. The summed E-state index contributed by atoms with van der Waals surface area (Å²) in [6, 6.07) is 0. The van der Waals surface area contributed by atoms with E-state index in [0.717, 1.165) is 24.0 Å². The zero-order valence-electron chi connectivity index (χ0n) is 11.6. The molecule has 1 fully saturated rings. The van der Waals surface area contributed by atoms with Gasteiger partial charge in [0.15, 0.2) is 5.16 Å². The summed E-state index contributed by atoms with van der Waals surface area (Å²) in [6.07, 6.45) is 9.05. The van der Waals surface area contributed by atoms with Crippen LogP contribution in [0, 0.1) is 5.92 Å². The summed E-state index contributed by atoms with van der Waals surface area (Å²) in [6.45, 7) is 3.54. The molecule has 1 N–H and O–H groups in total. The number of hydrogen-bond acceptors (Lipinski definition) is 4. The SMILES string of the molecule is C1CCc2nnc(SCCC3CCCNC3)n2CC1. The zero-order valence-corrected chi connectivity index (χ0v) is 12.4. The summed E-state index contributed by atoms with van der Waals surface area (Å²) < 4.78 is 2.36. The Labute approximate surface area is 119 Å². The van der Waals surface area contributed by atoms with Crippen LogP contribution in [-0.4, -0.2) is 33.6 Å². The van der Waals surface area contributed by atoms with Crippen LogP contribution in [0.2, 0.25) is 0 Å². The van der Waals surface area contributed by atoms with Gasteiger partial charge in [-0.2, -0.15) is 0 Å². The average molecular weight is 280 g/mol. The third-order valence-electron chi connectivity index (χ3n) is 4.23. The van der Waals surface area contributed by atoms with Crippen molar-refractivity contribution in [3.05, 3.63) is 5.82 Å². The zero-order chi connectivity index (χ0) is 12.9. The van der Waals surface area contributed by atoms with Gasteiger partial charge >= 0.3 is 0 Å². The van der Waals surface area contributed by atoms with Gasteiger partial charge in [-0.15, -0.1) is 10.2 Å². The van der Waals surface area contributed by atoms with Gasteiger partial charge in [0.2, 0.25) is 0 Å². The van der Waals surface area contributed by atoms with E-state index in [2.05, 4.69) is 20.1 Å². The molecule has 1 unspecified atom stereocenters. The van der Waals surface area contributed by atoms with Crippen LogP contribution in [0.1, 0.15) is 44.3 Å². The van der Waals surface area contributed by atoms with Gasteiger partial charge in [-0.3, -0.25) is 0 Å². The highest BCUT2D eigenvalue weighted by Crippen LogP contribution is 2.24. The molecule has 0 spiro atoms. The van der Waals surface area contributed by atoms with Crippen molar-refractivity contribution in [2.45, 2.75) is 56.6 Å². The Morgan fingerprint density at radius 2 is 2.21 bits per heavy atom. The largest absolute Gasteiger partial charge is 0.316 e. The standard InChI is InChI=1S/C14H24N4S/c1-2-6-13-16-17-14(18(13)9-3-1)19-10-7-12-5-4-8-15-11-12/h12,15H,1-11H2. The van der Waals surface area contributed by atoms with Crippen molar-refractivity contribution >= 4 is 11.8 Å². The van der Waals surface area contributed by atoms with Gasteiger partial charge in [-0.25, -0.2) is 0 Å². The molecule has 3 rings (SSSR count). The highest BCUT2D eigenvalue weighted by molar-refractivity contribution is 7.99. The summed E-state index contributed by atoms with van der Waals surface area (Å²) >= 11 is 1.91. The second kappa shape index (κ2) is 6.75. The van der Waals surface area contributed by atoms with Crippen molar-refractivity contribution in [2.24, 2.45) is 5.92 Å². The lowest BCUT2D eigenvalue weighted by atomic mass is 9.97. The van der Waals surface area contributed by atoms with E-state index < -0.39 is 0 Å². The molecule has 2 aliphatic heterocycles. The minimum Gasteiger partial charge on any atom is -0.316 e. The molecule has 0 aliphatic carbocycles. The van der Waals surface area contributed by atoms with E-state index in [1.165, 1.54) is 63.2 Å². The molecular weight excluding hydrogens is 256 g/mol. The van der Waals surface area contributed by atoms with Gasteiger partial charge in [0.25, 0.3) is 0 Å². The Balaban J connectivity index is 1.51. The van der Waals surface area contributed by atoms with E-state index >= 15 is 0 Å². The molecular formula is C14H24N4S. The molecule has 3 heterocycles. The summed E-state index contributed by atoms with van der Waals surface area (Å²) in [4.78, 5) is 0. The van der Waals surface area contributed by atoms with Crippen LogP contribution in [0.4, 0.5) is 0 Å². The number of nitrogens with zero attached hydrogens (tertiary/aromatic N) is 3. The molecule has 1 saturated heterocycles. The number of piperidine rings is 1. The lowest BCUT2D eigenvalue weighted by molar-refractivity contribution is 0.371. The van der Waals surface area contributed by atoms with Crippen molar-refractivity contribution in [1.29, 1.82) is 0 Å². The molecule has 19 heavy (non-hydrogen) atoms. The lowest BCUT2D eigenvalue weighted by Gasteiger charge is -2.22. The van der Waals surface area contributed by atoms with Crippen LogP contribution in [0.25, 0.3) is 0 Å². The number of fused-ring (bicyclic) bond motifs is 1. The molecule has 106 valence electrons. The average Bonchev–Trinajstić information content (AvgIpc) is 2.69. The van der Waals surface area contributed by atoms with Crippen LogP contribution >= 0.6 is 11.8 Å². The fourth-order valence-corrected chi connectivity index (χ4v) is 4.14.